The summed E-state index contributed by atoms with van der Waals surface area (Å²) in [5, 5.41) is 8.57. The average Bonchev–Trinajstić information content (AvgIpc) is 2.63. The number of thiocarbonyl (C=S) groups is 1. The molecule has 0 aromatic heterocycles. The van der Waals surface area contributed by atoms with Gasteiger partial charge in [-0.2, -0.15) is 0 Å². The minimum Gasteiger partial charge on any atom is -0.490 e. The minimum atomic E-state index is -0.344. The molecule has 0 heterocycles. The van der Waals surface area contributed by atoms with Crippen molar-refractivity contribution < 1.29 is 14.3 Å². The van der Waals surface area contributed by atoms with E-state index >= 15 is 0 Å². The second-order valence-corrected chi connectivity index (χ2v) is 8.21. The van der Waals surface area contributed by atoms with Crippen molar-refractivity contribution in [1.82, 2.24) is 5.32 Å². The fraction of sp³-hybridized carbons (Fsp3) is 0.286. The van der Waals surface area contributed by atoms with Gasteiger partial charge in [-0.25, -0.2) is 0 Å². The Morgan fingerprint density at radius 1 is 1.00 bits per heavy atom. The van der Waals surface area contributed by atoms with E-state index in [9.17, 15) is 9.59 Å². The number of nitrogens with one attached hydrogen (secondary N) is 3. The SMILES string of the molecule is CC(C)Oc1ccc(C(=O)NC(=S)Nc2cccc(NC(=O)C(C)C)c2)cc1Br. The van der Waals surface area contributed by atoms with Crippen LogP contribution in [0.5, 0.6) is 5.75 Å². The van der Waals surface area contributed by atoms with Crippen LogP contribution in [0.3, 0.4) is 0 Å². The van der Waals surface area contributed by atoms with Crippen LogP contribution in [0.15, 0.2) is 46.9 Å². The van der Waals surface area contributed by atoms with Crippen LogP contribution in [-0.4, -0.2) is 23.0 Å². The molecule has 0 unspecified atom stereocenters. The van der Waals surface area contributed by atoms with Crippen LogP contribution in [0.2, 0.25) is 0 Å². The van der Waals surface area contributed by atoms with Crippen LogP contribution in [0.1, 0.15) is 38.1 Å². The molecule has 0 atom stereocenters. The van der Waals surface area contributed by atoms with Gasteiger partial charge in [0.25, 0.3) is 5.91 Å². The van der Waals surface area contributed by atoms with E-state index in [1.54, 1.807) is 42.5 Å². The van der Waals surface area contributed by atoms with Crippen molar-refractivity contribution in [2.24, 2.45) is 5.92 Å². The second-order valence-electron chi connectivity index (χ2n) is 6.94. The summed E-state index contributed by atoms with van der Waals surface area (Å²) in [6, 6.07) is 12.2. The molecule has 29 heavy (non-hydrogen) atoms. The number of rotatable bonds is 6. The molecule has 154 valence electrons. The number of halogens is 1. The summed E-state index contributed by atoms with van der Waals surface area (Å²) in [5.74, 6) is 0.123. The summed E-state index contributed by atoms with van der Waals surface area (Å²) in [6.45, 7) is 7.50. The highest BCUT2D eigenvalue weighted by molar-refractivity contribution is 9.10. The van der Waals surface area contributed by atoms with E-state index in [1.807, 2.05) is 27.7 Å². The number of anilines is 2. The third-order valence-electron chi connectivity index (χ3n) is 3.70. The zero-order valence-corrected chi connectivity index (χ0v) is 19.1. The summed E-state index contributed by atoms with van der Waals surface area (Å²) in [4.78, 5) is 24.3. The lowest BCUT2D eigenvalue weighted by atomic mass is 10.2. The van der Waals surface area contributed by atoms with E-state index in [-0.39, 0.29) is 28.9 Å². The average molecular weight is 478 g/mol. The van der Waals surface area contributed by atoms with Crippen molar-refractivity contribution in [1.29, 1.82) is 0 Å². The molecule has 2 aromatic rings. The fourth-order valence-corrected chi connectivity index (χ4v) is 2.97. The smallest absolute Gasteiger partial charge is 0.257 e. The summed E-state index contributed by atoms with van der Waals surface area (Å²) in [6.07, 6.45) is 0.0313. The molecule has 0 radical (unpaired) electrons. The fourth-order valence-electron chi connectivity index (χ4n) is 2.29. The Hall–Kier alpha value is -2.45. The number of amides is 2. The normalized spacial score (nSPS) is 10.6. The van der Waals surface area contributed by atoms with Crippen LogP contribution in [0.25, 0.3) is 0 Å². The van der Waals surface area contributed by atoms with Gasteiger partial charge in [0.2, 0.25) is 5.91 Å². The first-order valence-corrected chi connectivity index (χ1v) is 10.3. The predicted molar refractivity (Wildman–Crippen MR) is 124 cm³/mol. The second kappa shape index (κ2) is 10.4. The first-order chi connectivity index (χ1) is 13.7. The number of carbonyl (C=O) groups excluding carboxylic acids is 2. The topological polar surface area (TPSA) is 79.5 Å². The maximum atomic E-state index is 12.5. The van der Waals surface area contributed by atoms with E-state index in [0.29, 0.717) is 27.2 Å². The van der Waals surface area contributed by atoms with Crippen LogP contribution >= 0.6 is 28.1 Å². The lowest BCUT2D eigenvalue weighted by Gasteiger charge is -2.14. The highest BCUT2D eigenvalue weighted by Crippen LogP contribution is 2.27. The molecule has 0 saturated carbocycles. The zero-order valence-electron chi connectivity index (χ0n) is 16.7. The molecule has 2 aromatic carbocycles. The van der Waals surface area contributed by atoms with E-state index in [0.717, 1.165) is 0 Å². The van der Waals surface area contributed by atoms with Crippen LogP contribution in [0.4, 0.5) is 11.4 Å². The van der Waals surface area contributed by atoms with Crippen molar-refractivity contribution in [2.75, 3.05) is 10.6 Å². The molecule has 0 spiro atoms. The molecular formula is C21H24BrN3O3S. The number of benzene rings is 2. The van der Waals surface area contributed by atoms with Crippen molar-refractivity contribution in [3.05, 3.63) is 52.5 Å². The lowest BCUT2D eigenvalue weighted by Crippen LogP contribution is -2.34. The standard InChI is InChI=1S/C21H24BrN3O3S/c1-12(2)19(26)23-15-6-5-7-16(11-15)24-21(29)25-20(27)14-8-9-18(17(22)10-14)28-13(3)4/h5-13H,1-4H3,(H,23,26)(H2,24,25,27,29). The maximum absolute atomic E-state index is 12.5. The highest BCUT2D eigenvalue weighted by Gasteiger charge is 2.12. The Bertz CT molecular complexity index is 916. The minimum absolute atomic E-state index is 0.0313. The summed E-state index contributed by atoms with van der Waals surface area (Å²) in [7, 11) is 0. The van der Waals surface area contributed by atoms with E-state index < -0.39 is 0 Å². The first-order valence-electron chi connectivity index (χ1n) is 9.15. The molecule has 0 bridgehead atoms. The van der Waals surface area contributed by atoms with Gasteiger partial charge in [0.1, 0.15) is 5.75 Å². The van der Waals surface area contributed by atoms with Gasteiger partial charge in [-0.3, -0.25) is 14.9 Å². The molecule has 6 nitrogen and oxygen atoms in total. The Kier molecular flexibility index (Phi) is 8.16. The third kappa shape index (κ3) is 7.14. The third-order valence-corrected chi connectivity index (χ3v) is 4.52. The van der Waals surface area contributed by atoms with Crippen molar-refractivity contribution in [3.8, 4) is 5.75 Å². The van der Waals surface area contributed by atoms with E-state index in [2.05, 4.69) is 31.9 Å². The summed E-state index contributed by atoms with van der Waals surface area (Å²) < 4.78 is 6.33. The molecular weight excluding hydrogens is 454 g/mol. The number of ether oxygens (including phenoxy) is 1. The van der Waals surface area contributed by atoms with Gasteiger partial charge in [0, 0.05) is 22.9 Å². The molecule has 0 saturated heterocycles. The van der Waals surface area contributed by atoms with E-state index in [4.69, 9.17) is 17.0 Å². The Labute approximate surface area is 184 Å². The van der Waals surface area contributed by atoms with E-state index in [1.165, 1.54) is 0 Å². The van der Waals surface area contributed by atoms with Gasteiger partial charge in [-0.15, -0.1) is 0 Å². The summed E-state index contributed by atoms with van der Waals surface area (Å²) >= 11 is 8.65. The lowest BCUT2D eigenvalue weighted by molar-refractivity contribution is -0.118. The molecule has 0 aliphatic rings. The number of hydrogen-bond acceptors (Lipinski definition) is 4. The van der Waals surface area contributed by atoms with Crippen LogP contribution in [-0.2, 0) is 4.79 Å². The van der Waals surface area contributed by atoms with Gasteiger partial charge in [-0.05, 0) is 78.4 Å². The largest absolute Gasteiger partial charge is 0.490 e. The predicted octanol–water partition coefficient (Wildman–Crippen LogP) is 4.96. The highest BCUT2D eigenvalue weighted by atomic mass is 79.9. The molecule has 8 heteroatoms. The monoisotopic (exact) mass is 477 g/mol. The van der Waals surface area contributed by atoms with Gasteiger partial charge < -0.3 is 15.4 Å². The Morgan fingerprint density at radius 2 is 1.66 bits per heavy atom. The summed E-state index contributed by atoms with van der Waals surface area (Å²) in [5.41, 5.74) is 1.74. The molecule has 0 aliphatic carbocycles. The number of hydrogen-bond donors (Lipinski definition) is 3. The maximum Gasteiger partial charge on any atom is 0.257 e. The van der Waals surface area contributed by atoms with Crippen molar-refractivity contribution >= 4 is 56.4 Å². The molecule has 0 aliphatic heterocycles. The number of carbonyl (C=O) groups is 2. The van der Waals surface area contributed by atoms with Gasteiger partial charge >= 0.3 is 0 Å². The Balaban J connectivity index is 1.99. The van der Waals surface area contributed by atoms with Crippen molar-refractivity contribution in [3.63, 3.8) is 0 Å². The molecule has 0 fully saturated rings. The van der Waals surface area contributed by atoms with Gasteiger partial charge in [0.05, 0.1) is 10.6 Å². The zero-order chi connectivity index (χ0) is 21.6. The quantitative estimate of drug-likeness (QED) is 0.512. The van der Waals surface area contributed by atoms with Gasteiger partial charge in [0.15, 0.2) is 5.11 Å². The molecule has 2 rings (SSSR count). The van der Waals surface area contributed by atoms with Crippen LogP contribution in [0, 0.1) is 5.92 Å². The first kappa shape index (κ1) is 22.8. The molecule has 3 N–H and O–H groups in total. The molecule has 2 amide bonds. The Morgan fingerprint density at radius 3 is 2.24 bits per heavy atom. The van der Waals surface area contributed by atoms with Crippen molar-refractivity contribution in [2.45, 2.75) is 33.8 Å². The van der Waals surface area contributed by atoms with Gasteiger partial charge in [-0.1, -0.05) is 19.9 Å². The van der Waals surface area contributed by atoms with Crippen LogP contribution < -0.4 is 20.7 Å².